The third-order valence-electron chi connectivity index (χ3n) is 3.41. The van der Waals surface area contributed by atoms with Crippen LogP contribution in [0.2, 0.25) is 0 Å². The Morgan fingerprint density at radius 3 is 2.41 bits per heavy atom. The second-order valence-corrected chi connectivity index (χ2v) is 4.99. The molecule has 0 spiro atoms. The predicted molar refractivity (Wildman–Crippen MR) is 89.9 cm³/mol. The number of hydrogen-bond donors (Lipinski definition) is 2. The summed E-state index contributed by atoms with van der Waals surface area (Å²) in [5.74, 6) is 0.379. The number of hydrogen-bond acceptors (Lipinski definition) is 3. The van der Waals surface area contributed by atoms with Crippen LogP contribution >= 0.6 is 24.0 Å². The van der Waals surface area contributed by atoms with E-state index < -0.39 is 12.6 Å². The Hall–Kier alpha value is -0.290. The molecule has 0 atom stereocenters. The quantitative estimate of drug-likeness (QED) is 0.379. The summed E-state index contributed by atoms with van der Waals surface area (Å²) < 4.78 is 47.3. The summed E-state index contributed by atoms with van der Waals surface area (Å²) in [6.07, 6.45) is -3.59. The van der Waals surface area contributed by atoms with Gasteiger partial charge in [0, 0.05) is 46.3 Å². The number of rotatable bonds is 6. The molecule has 2 N–H and O–H groups in total. The Bertz CT molecular complexity index is 335. The second-order valence-electron chi connectivity index (χ2n) is 4.99. The number of guanidine groups is 1. The molecule has 0 amide bonds. The molecule has 0 aromatic carbocycles. The molecule has 1 heterocycles. The molecule has 0 aliphatic carbocycles. The molecule has 1 fully saturated rings. The summed E-state index contributed by atoms with van der Waals surface area (Å²) in [6.45, 7) is 3.87. The van der Waals surface area contributed by atoms with Crippen LogP contribution < -0.4 is 10.6 Å². The lowest BCUT2D eigenvalue weighted by atomic mass is 9.94. The van der Waals surface area contributed by atoms with Gasteiger partial charge in [-0.15, -0.1) is 24.0 Å². The van der Waals surface area contributed by atoms with Crippen molar-refractivity contribution in [2.75, 3.05) is 40.0 Å². The Morgan fingerprint density at radius 1 is 1.27 bits per heavy atom. The first kappa shape index (κ1) is 21.7. The largest absolute Gasteiger partial charge is 0.390 e. The first-order valence-corrected chi connectivity index (χ1v) is 7.12. The smallest absolute Gasteiger partial charge is 0.381 e. The first-order valence-electron chi connectivity index (χ1n) is 7.12. The lowest BCUT2D eigenvalue weighted by molar-refractivity contribution is -0.132. The van der Waals surface area contributed by atoms with Gasteiger partial charge >= 0.3 is 6.18 Å². The molecule has 1 rings (SSSR count). The van der Waals surface area contributed by atoms with E-state index in [9.17, 15) is 13.2 Å². The van der Waals surface area contributed by atoms with Crippen LogP contribution in [0.5, 0.6) is 0 Å². The van der Waals surface area contributed by atoms with E-state index in [4.69, 9.17) is 9.47 Å². The lowest BCUT2D eigenvalue weighted by Crippen LogP contribution is -2.44. The molecule has 1 aliphatic rings. The Labute approximate surface area is 146 Å². The molecule has 22 heavy (non-hydrogen) atoms. The van der Waals surface area contributed by atoms with Crippen LogP contribution in [0, 0.1) is 0 Å². The van der Waals surface area contributed by atoms with E-state index in [-0.39, 0.29) is 36.1 Å². The minimum atomic E-state index is -4.17. The lowest BCUT2D eigenvalue weighted by Gasteiger charge is -2.34. The highest BCUT2D eigenvalue weighted by atomic mass is 127. The van der Waals surface area contributed by atoms with Crippen LogP contribution in [0.1, 0.15) is 26.2 Å². The first-order chi connectivity index (χ1) is 9.91. The highest BCUT2D eigenvalue weighted by Gasteiger charge is 2.32. The zero-order chi connectivity index (χ0) is 15.8. The van der Waals surface area contributed by atoms with Gasteiger partial charge in [0.15, 0.2) is 5.96 Å². The van der Waals surface area contributed by atoms with Gasteiger partial charge in [-0.3, -0.25) is 4.99 Å². The summed E-state index contributed by atoms with van der Waals surface area (Å²) in [4.78, 5) is 4.35. The van der Waals surface area contributed by atoms with E-state index in [1.807, 2.05) is 6.92 Å². The normalized spacial score (nSPS) is 18.5. The van der Waals surface area contributed by atoms with Crippen molar-refractivity contribution < 1.29 is 22.6 Å². The molecule has 132 valence electrons. The van der Waals surface area contributed by atoms with Gasteiger partial charge in [-0.2, -0.15) is 13.2 Å². The van der Waals surface area contributed by atoms with Crippen molar-refractivity contribution in [3.8, 4) is 0 Å². The van der Waals surface area contributed by atoms with Crippen molar-refractivity contribution in [2.24, 2.45) is 4.99 Å². The van der Waals surface area contributed by atoms with Gasteiger partial charge in [-0.25, -0.2) is 0 Å². The molecule has 0 saturated carbocycles. The van der Waals surface area contributed by atoms with Crippen molar-refractivity contribution in [1.82, 2.24) is 10.6 Å². The van der Waals surface area contributed by atoms with Crippen molar-refractivity contribution in [2.45, 2.75) is 38.0 Å². The topological polar surface area (TPSA) is 54.9 Å². The van der Waals surface area contributed by atoms with Gasteiger partial charge in [-0.1, -0.05) is 0 Å². The van der Waals surface area contributed by atoms with E-state index in [1.54, 1.807) is 7.11 Å². The average Bonchev–Trinajstić information content (AvgIpc) is 2.44. The highest BCUT2D eigenvalue weighted by Crippen LogP contribution is 2.24. The minimum absolute atomic E-state index is 0. The summed E-state index contributed by atoms with van der Waals surface area (Å²) in [5.41, 5.74) is -0.384. The van der Waals surface area contributed by atoms with Gasteiger partial charge in [0.05, 0.1) is 18.6 Å². The number of alkyl halides is 3. The fraction of sp³-hybridized carbons (Fsp3) is 0.923. The zero-order valence-electron chi connectivity index (χ0n) is 13.0. The standard InChI is InChI=1S/C13H24F3N3O2.HI/c1-3-17-11(18-7-4-13(14,15)16)19-10-12(20-2)5-8-21-9-6-12;/h3-10H2,1-2H3,(H2,17,18,19);1H. The Morgan fingerprint density at radius 2 is 1.91 bits per heavy atom. The van der Waals surface area contributed by atoms with Crippen molar-refractivity contribution in [1.29, 1.82) is 0 Å². The number of methoxy groups -OCH3 is 1. The van der Waals surface area contributed by atoms with Gasteiger partial charge < -0.3 is 20.1 Å². The van der Waals surface area contributed by atoms with E-state index in [0.717, 1.165) is 12.8 Å². The van der Waals surface area contributed by atoms with E-state index in [0.29, 0.717) is 32.3 Å². The van der Waals surface area contributed by atoms with E-state index >= 15 is 0 Å². The van der Waals surface area contributed by atoms with Crippen molar-refractivity contribution in [3.63, 3.8) is 0 Å². The second kappa shape index (κ2) is 10.5. The molecular weight excluding hydrogens is 414 g/mol. The Balaban J connectivity index is 0.00000441. The molecule has 5 nitrogen and oxygen atoms in total. The van der Waals surface area contributed by atoms with Crippen LogP contribution in [0.15, 0.2) is 4.99 Å². The van der Waals surface area contributed by atoms with Crippen molar-refractivity contribution >= 4 is 29.9 Å². The SMILES string of the molecule is CCNC(=NCC1(OC)CCOCC1)NCCC(F)(F)F.I. The minimum Gasteiger partial charge on any atom is -0.381 e. The number of aliphatic imine (C=N–C) groups is 1. The number of ether oxygens (including phenoxy) is 2. The molecule has 0 aromatic heterocycles. The van der Waals surface area contributed by atoms with Gasteiger partial charge in [-0.05, 0) is 6.92 Å². The molecule has 0 bridgehead atoms. The van der Waals surface area contributed by atoms with Crippen LogP contribution in [-0.2, 0) is 9.47 Å². The fourth-order valence-electron chi connectivity index (χ4n) is 2.06. The summed E-state index contributed by atoms with van der Waals surface area (Å²) in [7, 11) is 1.63. The van der Waals surface area contributed by atoms with Crippen LogP contribution in [0.3, 0.4) is 0 Å². The van der Waals surface area contributed by atoms with Crippen LogP contribution in [-0.4, -0.2) is 57.7 Å². The van der Waals surface area contributed by atoms with Crippen LogP contribution in [0.4, 0.5) is 13.2 Å². The highest BCUT2D eigenvalue weighted by molar-refractivity contribution is 14.0. The molecule has 1 saturated heterocycles. The predicted octanol–water partition coefficient (Wildman–Crippen LogP) is 2.31. The third kappa shape index (κ3) is 8.37. The van der Waals surface area contributed by atoms with Gasteiger partial charge in [0.2, 0.25) is 0 Å². The molecule has 9 heteroatoms. The zero-order valence-corrected chi connectivity index (χ0v) is 15.3. The molecule has 0 aromatic rings. The number of nitrogens with zero attached hydrogens (tertiary/aromatic N) is 1. The molecule has 0 radical (unpaired) electrons. The third-order valence-corrected chi connectivity index (χ3v) is 3.41. The summed E-state index contributed by atoms with van der Waals surface area (Å²) in [6, 6.07) is 0. The summed E-state index contributed by atoms with van der Waals surface area (Å²) in [5, 5.41) is 5.62. The number of nitrogens with one attached hydrogen (secondary N) is 2. The maximum atomic E-state index is 12.1. The monoisotopic (exact) mass is 439 g/mol. The van der Waals surface area contributed by atoms with Gasteiger partial charge in [0.25, 0.3) is 0 Å². The van der Waals surface area contributed by atoms with Crippen molar-refractivity contribution in [3.05, 3.63) is 0 Å². The van der Waals surface area contributed by atoms with E-state index in [1.165, 1.54) is 0 Å². The maximum absolute atomic E-state index is 12.1. The molecule has 0 unspecified atom stereocenters. The Kier molecular flexibility index (Phi) is 10.3. The fourth-order valence-corrected chi connectivity index (χ4v) is 2.06. The maximum Gasteiger partial charge on any atom is 0.390 e. The molecular formula is C13H25F3IN3O2. The summed E-state index contributed by atoms with van der Waals surface area (Å²) >= 11 is 0. The average molecular weight is 439 g/mol. The number of halogens is 4. The van der Waals surface area contributed by atoms with E-state index in [2.05, 4.69) is 15.6 Å². The van der Waals surface area contributed by atoms with Gasteiger partial charge in [0.1, 0.15) is 0 Å². The molecule has 1 aliphatic heterocycles. The van der Waals surface area contributed by atoms with Crippen LogP contribution in [0.25, 0.3) is 0 Å².